The van der Waals surface area contributed by atoms with E-state index in [1.165, 1.54) is 0 Å². The Morgan fingerprint density at radius 1 is 0.893 bits per heavy atom. The monoisotopic (exact) mass is 369 g/mol. The molecule has 1 aliphatic rings. The molecule has 28 heavy (non-hydrogen) atoms. The highest BCUT2D eigenvalue weighted by Crippen LogP contribution is 2.38. The predicted molar refractivity (Wildman–Crippen MR) is 107 cm³/mol. The summed E-state index contributed by atoms with van der Waals surface area (Å²) in [5.41, 5.74) is 11.8. The van der Waals surface area contributed by atoms with Gasteiger partial charge in [0.15, 0.2) is 17.3 Å². The van der Waals surface area contributed by atoms with Crippen LogP contribution in [0.2, 0.25) is 0 Å². The van der Waals surface area contributed by atoms with E-state index in [1.807, 2.05) is 30.3 Å². The first-order valence-electron chi connectivity index (χ1n) is 8.88. The van der Waals surface area contributed by atoms with Crippen molar-refractivity contribution in [2.75, 3.05) is 12.5 Å². The number of nitrogen functional groups attached to an aromatic ring is 1. The quantitative estimate of drug-likeness (QED) is 0.435. The van der Waals surface area contributed by atoms with Crippen LogP contribution in [-0.2, 0) is 0 Å². The lowest BCUT2D eigenvalue weighted by molar-refractivity contribution is 0.174. The summed E-state index contributed by atoms with van der Waals surface area (Å²) >= 11 is 0. The van der Waals surface area contributed by atoms with Gasteiger partial charge in [-0.25, -0.2) is 4.98 Å². The fourth-order valence-electron chi connectivity index (χ4n) is 3.70. The molecule has 0 saturated heterocycles. The maximum Gasteiger partial charge on any atom is 0.231 e. The minimum Gasteiger partial charge on any atom is -0.454 e. The Morgan fingerprint density at radius 2 is 1.79 bits per heavy atom. The van der Waals surface area contributed by atoms with E-state index in [4.69, 9.17) is 15.2 Å². The molecule has 2 aromatic carbocycles. The Balaban J connectivity index is 1.51. The number of anilines is 1. The lowest BCUT2D eigenvalue weighted by Gasteiger charge is -2.03. The summed E-state index contributed by atoms with van der Waals surface area (Å²) < 4.78 is 10.9. The number of ether oxygens (including phenoxy) is 2. The van der Waals surface area contributed by atoms with Crippen molar-refractivity contribution in [1.29, 1.82) is 0 Å². The van der Waals surface area contributed by atoms with Gasteiger partial charge in [0.2, 0.25) is 6.79 Å². The highest BCUT2D eigenvalue weighted by atomic mass is 16.7. The molecule has 0 spiro atoms. The molecule has 6 rings (SSSR count). The number of nitrogens with two attached hydrogens (primary N) is 1. The van der Waals surface area contributed by atoms with Gasteiger partial charge in [0.25, 0.3) is 0 Å². The van der Waals surface area contributed by atoms with E-state index >= 15 is 0 Å². The van der Waals surface area contributed by atoms with Crippen molar-refractivity contribution in [3.8, 4) is 33.9 Å². The number of pyridine rings is 1. The highest BCUT2D eigenvalue weighted by molar-refractivity contribution is 5.99. The third kappa shape index (κ3) is 2.16. The van der Waals surface area contributed by atoms with Gasteiger partial charge in [-0.05, 0) is 53.6 Å². The molecule has 7 nitrogen and oxygen atoms in total. The molecule has 4 N–H and O–H groups in total. The highest BCUT2D eigenvalue weighted by Gasteiger charge is 2.16. The molecular weight excluding hydrogens is 354 g/mol. The maximum absolute atomic E-state index is 5.98. The van der Waals surface area contributed by atoms with Crippen LogP contribution in [0.3, 0.4) is 0 Å². The van der Waals surface area contributed by atoms with Gasteiger partial charge >= 0.3 is 0 Å². The third-order valence-electron chi connectivity index (χ3n) is 5.12. The largest absolute Gasteiger partial charge is 0.454 e. The number of benzene rings is 2. The topological polar surface area (TPSA) is 102 Å². The summed E-state index contributed by atoms with van der Waals surface area (Å²) in [5, 5.41) is 8.96. The molecule has 0 atom stereocenters. The van der Waals surface area contributed by atoms with E-state index in [-0.39, 0.29) is 6.79 Å². The van der Waals surface area contributed by atoms with Crippen LogP contribution in [0.25, 0.3) is 44.3 Å². The van der Waals surface area contributed by atoms with Crippen LogP contribution in [-0.4, -0.2) is 27.0 Å². The molecule has 0 radical (unpaired) electrons. The van der Waals surface area contributed by atoms with Gasteiger partial charge in [-0.2, -0.15) is 5.10 Å². The van der Waals surface area contributed by atoms with Crippen molar-refractivity contribution < 1.29 is 9.47 Å². The Labute approximate surface area is 159 Å². The lowest BCUT2D eigenvalue weighted by atomic mass is 10.0. The van der Waals surface area contributed by atoms with Crippen LogP contribution in [0.15, 0.2) is 54.7 Å². The maximum atomic E-state index is 5.98. The molecule has 5 aromatic rings. The van der Waals surface area contributed by atoms with Gasteiger partial charge in [-0.15, -0.1) is 0 Å². The second-order valence-corrected chi connectivity index (χ2v) is 6.74. The average molecular weight is 369 g/mol. The zero-order valence-corrected chi connectivity index (χ0v) is 14.7. The number of nitrogens with zero attached hydrogens (tertiary/aromatic N) is 2. The van der Waals surface area contributed by atoms with Gasteiger partial charge in [0.1, 0.15) is 5.65 Å². The number of H-pyrrole nitrogens is 2. The fourth-order valence-corrected chi connectivity index (χ4v) is 3.70. The fraction of sp³-hybridized carbons (Fsp3) is 0.0476. The van der Waals surface area contributed by atoms with E-state index in [0.29, 0.717) is 5.82 Å². The van der Waals surface area contributed by atoms with E-state index in [9.17, 15) is 0 Å². The van der Waals surface area contributed by atoms with E-state index in [0.717, 1.165) is 55.8 Å². The summed E-state index contributed by atoms with van der Waals surface area (Å²) in [5.74, 6) is 2.02. The summed E-state index contributed by atoms with van der Waals surface area (Å²) in [7, 11) is 0. The lowest BCUT2D eigenvalue weighted by Crippen LogP contribution is -1.92. The van der Waals surface area contributed by atoms with Crippen molar-refractivity contribution in [1.82, 2.24) is 20.2 Å². The summed E-state index contributed by atoms with van der Waals surface area (Å²) in [6.45, 7) is 0.261. The molecule has 4 heterocycles. The Morgan fingerprint density at radius 3 is 2.75 bits per heavy atom. The average Bonchev–Trinajstić information content (AvgIpc) is 3.45. The number of fused-ring (bicyclic) bond motifs is 3. The minimum absolute atomic E-state index is 0.261. The van der Waals surface area contributed by atoms with Gasteiger partial charge < -0.3 is 20.2 Å². The Hall–Kier alpha value is -4.00. The Kier molecular flexibility index (Phi) is 2.96. The standard InChI is InChI=1S/C21H15N5O2/c22-20-15-7-11(1-3-16(15)25-26-20)13-5-6-23-21-14(13)9-17(24-21)12-2-4-18-19(8-12)28-10-27-18/h1-9H,10H2,(H,23,24)(H3,22,25,26). The van der Waals surface area contributed by atoms with Gasteiger partial charge in [-0.1, -0.05) is 6.07 Å². The second kappa shape index (κ2) is 5.50. The molecular formula is C21H15N5O2. The summed E-state index contributed by atoms with van der Waals surface area (Å²) in [6.07, 6.45) is 1.81. The van der Waals surface area contributed by atoms with Gasteiger partial charge in [0, 0.05) is 28.2 Å². The van der Waals surface area contributed by atoms with Crippen LogP contribution in [0.4, 0.5) is 5.82 Å². The molecule has 0 unspecified atom stereocenters. The number of rotatable bonds is 2. The van der Waals surface area contributed by atoms with Crippen molar-refractivity contribution in [2.45, 2.75) is 0 Å². The summed E-state index contributed by atoms with van der Waals surface area (Å²) in [6, 6.07) is 16.1. The van der Waals surface area contributed by atoms with E-state index in [2.05, 4.69) is 38.4 Å². The molecule has 7 heteroatoms. The van der Waals surface area contributed by atoms with Gasteiger partial charge in [0.05, 0.1) is 5.52 Å². The van der Waals surface area contributed by atoms with Gasteiger partial charge in [-0.3, -0.25) is 5.10 Å². The molecule has 3 aromatic heterocycles. The van der Waals surface area contributed by atoms with Crippen molar-refractivity contribution >= 4 is 27.8 Å². The van der Waals surface area contributed by atoms with Crippen molar-refractivity contribution in [2.24, 2.45) is 0 Å². The van der Waals surface area contributed by atoms with Crippen LogP contribution in [0.5, 0.6) is 11.5 Å². The number of aromatic nitrogens is 4. The molecule has 0 fully saturated rings. The number of hydrogen-bond acceptors (Lipinski definition) is 5. The van der Waals surface area contributed by atoms with Crippen molar-refractivity contribution in [3.05, 3.63) is 54.7 Å². The molecule has 0 amide bonds. The smallest absolute Gasteiger partial charge is 0.231 e. The number of aromatic amines is 2. The molecule has 1 aliphatic heterocycles. The SMILES string of the molecule is Nc1n[nH]c2ccc(-c3ccnc4[nH]c(-c5ccc6c(c5)OCO6)cc34)cc12. The first-order valence-corrected chi connectivity index (χ1v) is 8.88. The van der Waals surface area contributed by atoms with Crippen LogP contribution in [0.1, 0.15) is 0 Å². The van der Waals surface area contributed by atoms with Crippen LogP contribution in [0, 0.1) is 0 Å². The minimum atomic E-state index is 0.261. The zero-order valence-electron chi connectivity index (χ0n) is 14.7. The summed E-state index contributed by atoms with van der Waals surface area (Å²) in [4.78, 5) is 7.91. The van der Waals surface area contributed by atoms with Crippen molar-refractivity contribution in [3.63, 3.8) is 0 Å². The zero-order chi connectivity index (χ0) is 18.7. The van der Waals surface area contributed by atoms with E-state index < -0.39 is 0 Å². The van der Waals surface area contributed by atoms with Crippen LogP contribution >= 0.6 is 0 Å². The first-order chi connectivity index (χ1) is 13.8. The number of nitrogens with one attached hydrogen (secondary N) is 2. The normalized spacial score (nSPS) is 12.9. The predicted octanol–water partition coefficient (Wildman–Crippen LogP) is 4.08. The third-order valence-corrected chi connectivity index (χ3v) is 5.12. The number of hydrogen-bond donors (Lipinski definition) is 3. The van der Waals surface area contributed by atoms with Crippen LogP contribution < -0.4 is 15.2 Å². The molecule has 136 valence electrons. The first kappa shape index (κ1) is 15.1. The second-order valence-electron chi connectivity index (χ2n) is 6.74. The Bertz CT molecular complexity index is 1370. The van der Waals surface area contributed by atoms with E-state index in [1.54, 1.807) is 6.20 Å². The molecule has 0 saturated carbocycles. The molecule has 0 bridgehead atoms. The molecule has 0 aliphatic carbocycles.